The third kappa shape index (κ3) is 2.41. The molecule has 0 aliphatic carbocycles. The Morgan fingerprint density at radius 1 is 1.47 bits per heavy atom. The molecule has 0 amide bonds. The van der Waals surface area contributed by atoms with E-state index in [1.807, 2.05) is 0 Å². The first-order valence-corrected chi connectivity index (χ1v) is 5.03. The first-order valence-electron chi connectivity index (χ1n) is 5.03. The highest BCUT2D eigenvalue weighted by Gasteiger charge is 2.11. The molecule has 88 valence electrons. The van der Waals surface area contributed by atoms with Gasteiger partial charge in [-0.15, -0.1) is 0 Å². The Hall–Kier alpha value is -2.37. The Balaban J connectivity index is 2.04. The van der Waals surface area contributed by atoms with Crippen LogP contribution in [-0.4, -0.2) is 20.7 Å². The van der Waals surface area contributed by atoms with Gasteiger partial charge >= 0.3 is 5.97 Å². The maximum atomic E-state index is 11.7. The molecule has 6 heteroatoms. The van der Waals surface area contributed by atoms with Crippen LogP contribution in [0.15, 0.2) is 30.6 Å². The van der Waals surface area contributed by atoms with Crippen molar-refractivity contribution in [3.05, 3.63) is 42.0 Å². The molecule has 1 heterocycles. The molecule has 0 unspecified atom stereocenters. The average molecular weight is 232 g/mol. The number of para-hydroxylation sites is 1. The average Bonchev–Trinajstić information content (AvgIpc) is 2.72. The molecule has 0 aliphatic heterocycles. The van der Waals surface area contributed by atoms with Gasteiger partial charge in [-0.05, 0) is 12.1 Å². The molecule has 0 saturated carbocycles. The molecule has 1 aromatic heterocycles. The Labute approximate surface area is 98.0 Å². The molecule has 0 fully saturated rings. The summed E-state index contributed by atoms with van der Waals surface area (Å²) in [7, 11) is 1.73. The third-order valence-corrected chi connectivity index (χ3v) is 2.32. The van der Waals surface area contributed by atoms with Crippen molar-refractivity contribution in [1.82, 2.24) is 14.8 Å². The number of nitrogen functional groups attached to an aromatic ring is 1. The summed E-state index contributed by atoms with van der Waals surface area (Å²) < 4.78 is 6.64. The summed E-state index contributed by atoms with van der Waals surface area (Å²) in [6.07, 6.45) is 1.40. The van der Waals surface area contributed by atoms with Crippen LogP contribution in [0.1, 0.15) is 16.2 Å². The third-order valence-electron chi connectivity index (χ3n) is 2.32. The fraction of sp³-hybridized carbons (Fsp3) is 0.182. The molecule has 0 spiro atoms. The molecule has 2 rings (SSSR count). The zero-order chi connectivity index (χ0) is 12.3. The van der Waals surface area contributed by atoms with Crippen LogP contribution in [0.2, 0.25) is 0 Å². The molecule has 2 N–H and O–H groups in total. The summed E-state index contributed by atoms with van der Waals surface area (Å²) in [4.78, 5) is 15.7. The van der Waals surface area contributed by atoms with Gasteiger partial charge in [0.2, 0.25) is 0 Å². The fourth-order valence-corrected chi connectivity index (χ4v) is 1.34. The van der Waals surface area contributed by atoms with Gasteiger partial charge in [-0.1, -0.05) is 12.1 Å². The number of benzene rings is 1. The summed E-state index contributed by atoms with van der Waals surface area (Å²) in [5, 5.41) is 3.87. The van der Waals surface area contributed by atoms with E-state index >= 15 is 0 Å². The highest BCUT2D eigenvalue weighted by Crippen LogP contribution is 2.12. The van der Waals surface area contributed by atoms with Crippen molar-refractivity contribution in [2.75, 3.05) is 5.73 Å². The van der Waals surface area contributed by atoms with Crippen LogP contribution in [0.4, 0.5) is 5.69 Å². The van der Waals surface area contributed by atoms with Crippen LogP contribution in [-0.2, 0) is 18.4 Å². The van der Waals surface area contributed by atoms with E-state index in [0.717, 1.165) is 0 Å². The second-order valence-corrected chi connectivity index (χ2v) is 3.46. The molecule has 0 atom stereocenters. The van der Waals surface area contributed by atoms with E-state index < -0.39 is 5.97 Å². The van der Waals surface area contributed by atoms with Crippen LogP contribution in [0.5, 0.6) is 0 Å². The van der Waals surface area contributed by atoms with E-state index in [4.69, 9.17) is 10.5 Å². The Bertz CT molecular complexity index is 536. The number of nitrogens with two attached hydrogens (primary N) is 1. The molecule has 0 aliphatic rings. The van der Waals surface area contributed by atoms with E-state index in [1.54, 1.807) is 36.0 Å². The van der Waals surface area contributed by atoms with Gasteiger partial charge in [-0.3, -0.25) is 4.68 Å². The van der Waals surface area contributed by atoms with Gasteiger partial charge in [0.25, 0.3) is 0 Å². The Morgan fingerprint density at radius 3 is 2.88 bits per heavy atom. The second-order valence-electron chi connectivity index (χ2n) is 3.46. The predicted molar refractivity (Wildman–Crippen MR) is 61.0 cm³/mol. The number of hydrogen-bond donors (Lipinski definition) is 1. The summed E-state index contributed by atoms with van der Waals surface area (Å²) >= 11 is 0. The van der Waals surface area contributed by atoms with Crippen molar-refractivity contribution in [3.8, 4) is 0 Å². The largest absolute Gasteiger partial charge is 0.454 e. The van der Waals surface area contributed by atoms with Gasteiger partial charge < -0.3 is 10.5 Å². The lowest BCUT2D eigenvalue weighted by molar-refractivity contribution is 0.0459. The first kappa shape index (κ1) is 11.1. The molecule has 1 aromatic carbocycles. The van der Waals surface area contributed by atoms with Crippen LogP contribution in [0.3, 0.4) is 0 Å². The molecule has 17 heavy (non-hydrogen) atoms. The van der Waals surface area contributed by atoms with Gasteiger partial charge in [0, 0.05) is 12.7 Å². The van der Waals surface area contributed by atoms with Gasteiger partial charge in [-0.25, -0.2) is 9.78 Å². The Kier molecular flexibility index (Phi) is 3.04. The van der Waals surface area contributed by atoms with Crippen molar-refractivity contribution in [1.29, 1.82) is 0 Å². The summed E-state index contributed by atoms with van der Waals surface area (Å²) in [5.41, 5.74) is 6.42. The standard InChI is InChI=1S/C11H12N4O2/c1-15-10(13-7-14-15)6-17-11(16)8-4-2-3-5-9(8)12/h2-5,7H,6,12H2,1H3. The number of hydrogen-bond acceptors (Lipinski definition) is 5. The topological polar surface area (TPSA) is 83.0 Å². The van der Waals surface area contributed by atoms with Crippen LogP contribution in [0, 0.1) is 0 Å². The zero-order valence-electron chi connectivity index (χ0n) is 9.33. The minimum absolute atomic E-state index is 0.0731. The fourth-order valence-electron chi connectivity index (χ4n) is 1.34. The maximum Gasteiger partial charge on any atom is 0.340 e. The van der Waals surface area contributed by atoms with Crippen molar-refractivity contribution in [2.24, 2.45) is 7.05 Å². The highest BCUT2D eigenvalue weighted by molar-refractivity contribution is 5.94. The summed E-state index contributed by atoms with van der Waals surface area (Å²) in [6.45, 7) is 0.0731. The van der Waals surface area contributed by atoms with Gasteiger partial charge in [0.15, 0.2) is 12.4 Å². The zero-order valence-corrected chi connectivity index (χ0v) is 9.33. The van der Waals surface area contributed by atoms with Gasteiger partial charge in [0.05, 0.1) is 5.56 Å². The number of ether oxygens (including phenoxy) is 1. The van der Waals surface area contributed by atoms with E-state index in [-0.39, 0.29) is 6.61 Å². The van der Waals surface area contributed by atoms with E-state index in [9.17, 15) is 4.79 Å². The number of carbonyl (C=O) groups excluding carboxylic acids is 1. The number of nitrogens with zero attached hydrogens (tertiary/aromatic N) is 3. The first-order chi connectivity index (χ1) is 8.18. The molecular weight excluding hydrogens is 220 g/mol. The minimum Gasteiger partial charge on any atom is -0.454 e. The number of carbonyl (C=O) groups is 1. The van der Waals surface area contributed by atoms with Crippen molar-refractivity contribution in [2.45, 2.75) is 6.61 Å². The van der Waals surface area contributed by atoms with Crippen LogP contribution in [0.25, 0.3) is 0 Å². The number of aryl methyl sites for hydroxylation is 1. The van der Waals surface area contributed by atoms with E-state index in [1.165, 1.54) is 6.33 Å². The number of esters is 1. The SMILES string of the molecule is Cn1ncnc1COC(=O)c1ccccc1N. The smallest absolute Gasteiger partial charge is 0.340 e. The lowest BCUT2D eigenvalue weighted by Crippen LogP contribution is -2.10. The number of aromatic nitrogens is 3. The van der Waals surface area contributed by atoms with Crippen LogP contribution >= 0.6 is 0 Å². The molecule has 0 bridgehead atoms. The van der Waals surface area contributed by atoms with Crippen molar-refractivity contribution >= 4 is 11.7 Å². The second kappa shape index (κ2) is 4.65. The monoisotopic (exact) mass is 232 g/mol. The van der Waals surface area contributed by atoms with Gasteiger partial charge in [-0.2, -0.15) is 5.10 Å². The Morgan fingerprint density at radius 2 is 2.24 bits per heavy atom. The van der Waals surface area contributed by atoms with Gasteiger partial charge in [0.1, 0.15) is 6.33 Å². The highest BCUT2D eigenvalue weighted by atomic mass is 16.5. The summed E-state index contributed by atoms with van der Waals surface area (Å²) in [5.74, 6) is 0.110. The molecular formula is C11H12N4O2. The number of anilines is 1. The van der Waals surface area contributed by atoms with Crippen LogP contribution < -0.4 is 5.73 Å². The lowest BCUT2D eigenvalue weighted by Gasteiger charge is -2.06. The molecule has 0 saturated heterocycles. The summed E-state index contributed by atoms with van der Waals surface area (Å²) in [6, 6.07) is 6.76. The van der Waals surface area contributed by atoms with E-state index in [0.29, 0.717) is 17.1 Å². The van der Waals surface area contributed by atoms with E-state index in [2.05, 4.69) is 10.1 Å². The van der Waals surface area contributed by atoms with Crippen molar-refractivity contribution in [3.63, 3.8) is 0 Å². The lowest BCUT2D eigenvalue weighted by atomic mass is 10.2. The minimum atomic E-state index is -0.467. The molecule has 0 radical (unpaired) electrons. The molecule has 2 aromatic rings. The molecule has 6 nitrogen and oxygen atoms in total. The van der Waals surface area contributed by atoms with Crippen molar-refractivity contribution < 1.29 is 9.53 Å². The normalized spacial score (nSPS) is 10.2. The maximum absolute atomic E-state index is 11.7. The quantitative estimate of drug-likeness (QED) is 0.623. The predicted octanol–water partition coefficient (Wildman–Crippen LogP) is 0.754. The number of rotatable bonds is 3.